The summed E-state index contributed by atoms with van der Waals surface area (Å²) in [5.41, 5.74) is 1.52. The molecule has 4 aromatic carbocycles. The van der Waals surface area contributed by atoms with Crippen LogP contribution in [-0.4, -0.2) is 43.3 Å². The number of halogens is 2. The second kappa shape index (κ2) is 14.4. The minimum Gasteiger partial charge on any atom is -0.350 e. The highest BCUT2D eigenvalue weighted by Crippen LogP contribution is 2.28. The molecule has 0 spiro atoms. The number of carbonyl (C=O) groups is 2. The fourth-order valence-corrected chi connectivity index (χ4v) is 6.48. The van der Waals surface area contributed by atoms with Crippen molar-refractivity contribution in [3.8, 4) is 0 Å². The topological polar surface area (TPSA) is 86.8 Å². The van der Waals surface area contributed by atoms with Gasteiger partial charge in [0.1, 0.15) is 18.4 Å². The second-order valence-electron chi connectivity index (χ2n) is 11.9. The van der Waals surface area contributed by atoms with Gasteiger partial charge in [-0.05, 0) is 75.2 Å². The molecule has 0 bridgehead atoms. The number of hydrogen-bond donors (Lipinski definition) is 1. The molecule has 45 heavy (non-hydrogen) atoms. The van der Waals surface area contributed by atoms with Crippen molar-refractivity contribution in [1.82, 2.24) is 10.2 Å². The average Bonchev–Trinajstić information content (AvgIpc) is 2.99. The van der Waals surface area contributed by atoms with E-state index in [0.29, 0.717) is 0 Å². The number of amides is 2. The molecule has 1 N–H and O–H groups in total. The lowest BCUT2D eigenvalue weighted by molar-refractivity contribution is -0.140. The largest absolute Gasteiger partial charge is 0.350 e. The number of aryl methyl sites for hydroxylation is 1. The van der Waals surface area contributed by atoms with Crippen LogP contribution in [0.15, 0.2) is 112 Å². The van der Waals surface area contributed by atoms with Crippen molar-refractivity contribution in [2.75, 3.05) is 10.8 Å². The van der Waals surface area contributed by atoms with Crippen LogP contribution in [0.5, 0.6) is 0 Å². The van der Waals surface area contributed by atoms with Gasteiger partial charge in [0.25, 0.3) is 10.0 Å². The van der Waals surface area contributed by atoms with E-state index < -0.39 is 45.8 Å². The number of anilines is 1. The van der Waals surface area contributed by atoms with Crippen molar-refractivity contribution in [2.24, 2.45) is 0 Å². The summed E-state index contributed by atoms with van der Waals surface area (Å²) in [5, 5.41) is 2.99. The lowest BCUT2D eigenvalue weighted by atomic mass is 10.0. The Kier molecular flexibility index (Phi) is 10.8. The van der Waals surface area contributed by atoms with E-state index in [9.17, 15) is 18.0 Å². The molecular weight excluding hydrogens is 657 g/mol. The first kappa shape index (κ1) is 33.9. The van der Waals surface area contributed by atoms with Gasteiger partial charge in [-0.2, -0.15) is 0 Å². The van der Waals surface area contributed by atoms with Gasteiger partial charge in [-0.3, -0.25) is 13.9 Å². The Hall–Kier alpha value is -4.02. The number of nitrogens with zero attached hydrogens (tertiary/aromatic N) is 2. The molecule has 0 aliphatic rings. The van der Waals surface area contributed by atoms with E-state index in [4.69, 9.17) is 0 Å². The van der Waals surface area contributed by atoms with Crippen LogP contribution in [-0.2, 0) is 32.6 Å². The molecule has 0 saturated carbocycles. The standard InChI is InChI=1S/C35H37BrFN3O4S/c1-25-14-20-29(21-15-25)45(43,44)40(31-13-9-8-12-30(31)37)24-33(41)39(23-27-16-18-28(36)19-17-27)32(34(42)38-35(2,3)4)22-26-10-6-5-7-11-26/h5-21,32H,22-24H2,1-4H3,(H,38,42)/t32-/m0/s1. The Bertz CT molecular complexity index is 1730. The van der Waals surface area contributed by atoms with Gasteiger partial charge >= 0.3 is 0 Å². The fourth-order valence-electron chi connectivity index (χ4n) is 4.80. The molecule has 0 aliphatic carbocycles. The molecule has 0 radical (unpaired) electrons. The van der Waals surface area contributed by atoms with Crippen LogP contribution in [0.4, 0.5) is 10.1 Å². The number of rotatable bonds is 11. The molecule has 0 unspecified atom stereocenters. The SMILES string of the molecule is Cc1ccc(S(=O)(=O)N(CC(=O)N(Cc2ccc(Br)cc2)[C@@H](Cc2ccccc2)C(=O)NC(C)(C)C)c2ccccc2F)cc1. The van der Waals surface area contributed by atoms with Gasteiger partial charge in [0.2, 0.25) is 11.8 Å². The van der Waals surface area contributed by atoms with E-state index in [-0.39, 0.29) is 23.5 Å². The van der Waals surface area contributed by atoms with E-state index in [1.165, 1.54) is 35.2 Å². The van der Waals surface area contributed by atoms with Gasteiger partial charge in [-0.1, -0.05) is 88.2 Å². The zero-order chi connectivity index (χ0) is 32.8. The summed E-state index contributed by atoms with van der Waals surface area (Å²) < 4.78 is 44.9. The van der Waals surface area contributed by atoms with Crippen molar-refractivity contribution in [2.45, 2.75) is 57.1 Å². The molecule has 2 amide bonds. The van der Waals surface area contributed by atoms with Crippen LogP contribution < -0.4 is 9.62 Å². The Labute approximate surface area is 273 Å². The van der Waals surface area contributed by atoms with E-state index in [1.54, 1.807) is 12.1 Å². The molecular formula is C35H37BrFN3O4S. The predicted molar refractivity (Wildman–Crippen MR) is 179 cm³/mol. The Morgan fingerprint density at radius 3 is 2.04 bits per heavy atom. The maximum absolute atomic E-state index is 15.2. The predicted octanol–water partition coefficient (Wildman–Crippen LogP) is 6.65. The van der Waals surface area contributed by atoms with Crippen molar-refractivity contribution in [3.63, 3.8) is 0 Å². The normalized spacial score (nSPS) is 12.3. The summed E-state index contributed by atoms with van der Waals surface area (Å²) in [4.78, 5) is 29.7. The summed E-state index contributed by atoms with van der Waals surface area (Å²) in [6.45, 7) is 6.64. The van der Waals surface area contributed by atoms with Crippen LogP contribution in [0.1, 0.15) is 37.5 Å². The first-order chi connectivity index (χ1) is 21.2. The highest BCUT2D eigenvalue weighted by atomic mass is 79.9. The van der Waals surface area contributed by atoms with Gasteiger partial charge in [-0.25, -0.2) is 12.8 Å². The Balaban J connectivity index is 1.82. The minimum absolute atomic E-state index is 0.0108. The summed E-state index contributed by atoms with van der Waals surface area (Å²) in [5.74, 6) is -1.86. The molecule has 1 atom stereocenters. The van der Waals surface area contributed by atoms with Crippen molar-refractivity contribution >= 4 is 43.5 Å². The third-order valence-electron chi connectivity index (χ3n) is 7.04. The number of para-hydroxylation sites is 1. The first-order valence-corrected chi connectivity index (χ1v) is 16.7. The van der Waals surface area contributed by atoms with Crippen LogP contribution >= 0.6 is 15.9 Å². The maximum atomic E-state index is 15.2. The number of nitrogens with one attached hydrogen (secondary N) is 1. The molecule has 0 saturated heterocycles. The molecule has 10 heteroatoms. The summed E-state index contributed by atoms with van der Waals surface area (Å²) in [6.07, 6.45) is 0.176. The lowest BCUT2D eigenvalue weighted by Crippen LogP contribution is -2.56. The number of carbonyl (C=O) groups excluding carboxylic acids is 2. The molecule has 4 aromatic rings. The molecule has 4 rings (SSSR count). The monoisotopic (exact) mass is 693 g/mol. The fraction of sp³-hybridized carbons (Fsp3) is 0.257. The highest BCUT2D eigenvalue weighted by Gasteiger charge is 2.36. The smallest absolute Gasteiger partial charge is 0.264 e. The zero-order valence-electron chi connectivity index (χ0n) is 25.7. The van der Waals surface area contributed by atoms with Gasteiger partial charge in [0.05, 0.1) is 10.6 Å². The first-order valence-electron chi connectivity index (χ1n) is 14.5. The Morgan fingerprint density at radius 1 is 0.844 bits per heavy atom. The average molecular weight is 695 g/mol. The highest BCUT2D eigenvalue weighted by molar-refractivity contribution is 9.10. The van der Waals surface area contributed by atoms with Crippen molar-refractivity contribution < 1.29 is 22.4 Å². The van der Waals surface area contributed by atoms with Gasteiger partial charge in [-0.15, -0.1) is 0 Å². The number of benzene rings is 4. The molecule has 7 nitrogen and oxygen atoms in total. The van der Waals surface area contributed by atoms with Gasteiger partial charge < -0.3 is 10.2 Å². The van der Waals surface area contributed by atoms with Crippen molar-refractivity contribution in [3.05, 3.63) is 130 Å². The van der Waals surface area contributed by atoms with Gasteiger partial charge in [0, 0.05) is 23.0 Å². The minimum atomic E-state index is -4.39. The van der Waals surface area contributed by atoms with E-state index in [0.717, 1.165) is 31.5 Å². The van der Waals surface area contributed by atoms with Crippen LogP contribution in [0.25, 0.3) is 0 Å². The van der Waals surface area contributed by atoms with Crippen LogP contribution in [0.3, 0.4) is 0 Å². The third-order valence-corrected chi connectivity index (χ3v) is 9.35. The van der Waals surface area contributed by atoms with Crippen LogP contribution in [0.2, 0.25) is 0 Å². The maximum Gasteiger partial charge on any atom is 0.264 e. The van der Waals surface area contributed by atoms with E-state index in [1.807, 2.05) is 82.3 Å². The number of hydrogen-bond acceptors (Lipinski definition) is 4. The molecule has 0 fully saturated rings. The third kappa shape index (κ3) is 9.02. The van der Waals surface area contributed by atoms with Crippen LogP contribution in [0, 0.1) is 12.7 Å². The molecule has 0 aliphatic heterocycles. The van der Waals surface area contributed by atoms with Crippen molar-refractivity contribution in [1.29, 1.82) is 0 Å². The van der Waals surface area contributed by atoms with Gasteiger partial charge in [0.15, 0.2) is 0 Å². The number of sulfonamides is 1. The Morgan fingerprint density at radius 2 is 1.44 bits per heavy atom. The molecule has 0 aromatic heterocycles. The lowest BCUT2D eigenvalue weighted by Gasteiger charge is -2.35. The zero-order valence-corrected chi connectivity index (χ0v) is 28.1. The van der Waals surface area contributed by atoms with E-state index >= 15 is 4.39 Å². The quantitative estimate of drug-likeness (QED) is 0.191. The summed E-state index contributed by atoms with van der Waals surface area (Å²) in [6, 6.07) is 27.1. The van der Waals surface area contributed by atoms with E-state index in [2.05, 4.69) is 21.2 Å². The molecule has 0 heterocycles. The summed E-state index contributed by atoms with van der Waals surface area (Å²) in [7, 11) is -4.39. The second-order valence-corrected chi connectivity index (χ2v) is 14.6. The summed E-state index contributed by atoms with van der Waals surface area (Å²) >= 11 is 3.43. The molecule has 236 valence electrons.